The Morgan fingerprint density at radius 3 is 2.29 bits per heavy atom. The lowest BCUT2D eigenvalue weighted by atomic mass is 10.0. The summed E-state index contributed by atoms with van der Waals surface area (Å²) in [6.07, 6.45) is 3.63. The van der Waals surface area contributed by atoms with Gasteiger partial charge < -0.3 is 5.32 Å². The molecule has 0 fully saturated rings. The Balaban J connectivity index is 1.41. The van der Waals surface area contributed by atoms with Gasteiger partial charge in [0.05, 0.1) is 0 Å². The highest BCUT2D eigenvalue weighted by Gasteiger charge is 2.07. The third-order valence-electron chi connectivity index (χ3n) is 4.63. The van der Waals surface area contributed by atoms with Crippen LogP contribution in [0, 0.1) is 6.92 Å². The first-order valence-corrected chi connectivity index (χ1v) is 10.0. The van der Waals surface area contributed by atoms with E-state index in [4.69, 9.17) is 0 Å². The molecule has 4 heteroatoms. The van der Waals surface area contributed by atoms with E-state index >= 15 is 0 Å². The molecule has 28 heavy (non-hydrogen) atoms. The first-order chi connectivity index (χ1) is 13.7. The average Bonchev–Trinajstić information content (AvgIpc) is 3.28. The van der Waals surface area contributed by atoms with Crippen molar-refractivity contribution in [2.45, 2.75) is 13.5 Å². The molecule has 0 unspecified atom stereocenters. The molecule has 0 aliphatic carbocycles. The van der Waals surface area contributed by atoms with Crippen LogP contribution < -0.4 is 5.32 Å². The van der Waals surface area contributed by atoms with Crippen molar-refractivity contribution >= 4 is 17.2 Å². The highest BCUT2D eigenvalue weighted by Crippen LogP contribution is 2.22. The Hall–Kier alpha value is -3.24. The van der Waals surface area contributed by atoms with Crippen molar-refractivity contribution in [3.8, 4) is 22.3 Å². The first-order valence-electron chi connectivity index (χ1n) is 9.11. The number of nitrogens with one attached hydrogen (secondary N) is 1. The molecule has 0 spiro atoms. The number of hydrogen-bond donors (Lipinski definition) is 1. The van der Waals surface area contributed by atoms with Gasteiger partial charge in [-0.2, -0.15) is 11.3 Å². The van der Waals surface area contributed by atoms with Crippen molar-refractivity contribution in [2.24, 2.45) is 0 Å². The minimum Gasteiger partial charge on any atom is -0.348 e. The van der Waals surface area contributed by atoms with Crippen LogP contribution in [0.3, 0.4) is 0 Å². The van der Waals surface area contributed by atoms with E-state index in [-0.39, 0.29) is 5.91 Å². The van der Waals surface area contributed by atoms with Gasteiger partial charge in [-0.25, -0.2) is 0 Å². The molecule has 0 aliphatic heterocycles. The van der Waals surface area contributed by atoms with Crippen molar-refractivity contribution in [3.63, 3.8) is 0 Å². The van der Waals surface area contributed by atoms with Gasteiger partial charge in [0, 0.05) is 30.1 Å². The maximum Gasteiger partial charge on any atom is 0.251 e. The van der Waals surface area contributed by atoms with Crippen LogP contribution in [-0.4, -0.2) is 10.9 Å². The lowest BCUT2D eigenvalue weighted by Gasteiger charge is -2.08. The van der Waals surface area contributed by atoms with E-state index in [1.807, 2.05) is 35.8 Å². The van der Waals surface area contributed by atoms with Gasteiger partial charge in [-0.3, -0.25) is 9.78 Å². The number of nitrogens with zero attached hydrogens (tertiary/aromatic N) is 1. The molecular weight excluding hydrogens is 364 g/mol. The second-order valence-corrected chi connectivity index (χ2v) is 7.50. The summed E-state index contributed by atoms with van der Waals surface area (Å²) in [6.45, 7) is 2.52. The topological polar surface area (TPSA) is 42.0 Å². The Labute approximate surface area is 168 Å². The van der Waals surface area contributed by atoms with Crippen LogP contribution in [0.4, 0.5) is 0 Å². The molecule has 0 saturated heterocycles. The number of thiophene rings is 1. The molecule has 0 aliphatic rings. The molecule has 2 heterocycles. The molecule has 0 saturated carbocycles. The van der Waals surface area contributed by atoms with Crippen LogP contribution in [0.25, 0.3) is 22.3 Å². The van der Waals surface area contributed by atoms with E-state index in [1.54, 1.807) is 17.5 Å². The minimum absolute atomic E-state index is 0.0867. The largest absolute Gasteiger partial charge is 0.348 e. The molecule has 0 atom stereocenters. The van der Waals surface area contributed by atoms with Crippen LogP contribution >= 0.6 is 11.3 Å². The Morgan fingerprint density at radius 2 is 1.61 bits per heavy atom. The molecule has 1 N–H and O–H groups in total. The molecule has 1 amide bonds. The third kappa shape index (κ3) is 4.18. The second-order valence-electron chi connectivity index (χ2n) is 6.72. The molecule has 0 bridgehead atoms. The molecule has 2 aromatic carbocycles. The zero-order chi connectivity index (χ0) is 19.3. The molecule has 4 rings (SSSR count). The van der Waals surface area contributed by atoms with Crippen LogP contribution in [0.1, 0.15) is 21.5 Å². The first kappa shape index (κ1) is 18.1. The number of hydrogen-bond acceptors (Lipinski definition) is 3. The van der Waals surface area contributed by atoms with E-state index in [2.05, 4.69) is 59.0 Å². The number of aromatic nitrogens is 1. The number of carbonyl (C=O) groups excluding carboxylic acids is 1. The standard InChI is InChI=1S/C24H20N2OS/c1-17-2-4-19(5-3-17)20-6-8-21(9-7-20)24(27)26-14-18-12-23(15-25-13-18)22-10-11-28-16-22/h2-13,15-16H,14H2,1H3,(H,26,27). The van der Waals surface area contributed by atoms with Gasteiger partial charge in [-0.15, -0.1) is 0 Å². The fourth-order valence-electron chi connectivity index (χ4n) is 3.02. The zero-order valence-corrected chi connectivity index (χ0v) is 16.4. The van der Waals surface area contributed by atoms with Crippen molar-refractivity contribution in [3.05, 3.63) is 101 Å². The lowest BCUT2D eigenvalue weighted by molar-refractivity contribution is 0.0951. The van der Waals surface area contributed by atoms with E-state index in [0.29, 0.717) is 12.1 Å². The number of carbonyl (C=O) groups is 1. The molecule has 4 aromatic rings. The van der Waals surface area contributed by atoms with Gasteiger partial charge in [-0.05, 0) is 64.2 Å². The fraction of sp³-hybridized carbons (Fsp3) is 0.0833. The van der Waals surface area contributed by atoms with Gasteiger partial charge >= 0.3 is 0 Å². The number of amides is 1. The van der Waals surface area contributed by atoms with E-state index in [9.17, 15) is 4.79 Å². The predicted octanol–water partition coefficient (Wildman–Crippen LogP) is 5.72. The average molecular weight is 385 g/mol. The molecule has 0 radical (unpaired) electrons. The third-order valence-corrected chi connectivity index (χ3v) is 5.32. The van der Waals surface area contributed by atoms with Crippen LogP contribution in [0.5, 0.6) is 0 Å². The number of aryl methyl sites for hydroxylation is 1. The van der Waals surface area contributed by atoms with Gasteiger partial charge in [0.1, 0.15) is 0 Å². The summed E-state index contributed by atoms with van der Waals surface area (Å²) in [5.74, 6) is -0.0867. The maximum atomic E-state index is 12.5. The van der Waals surface area contributed by atoms with E-state index in [1.165, 1.54) is 5.56 Å². The summed E-state index contributed by atoms with van der Waals surface area (Å²) < 4.78 is 0. The highest BCUT2D eigenvalue weighted by atomic mass is 32.1. The zero-order valence-electron chi connectivity index (χ0n) is 15.6. The molecule has 138 valence electrons. The quantitative estimate of drug-likeness (QED) is 0.478. The van der Waals surface area contributed by atoms with Crippen molar-refractivity contribution in [1.82, 2.24) is 10.3 Å². The van der Waals surface area contributed by atoms with Crippen LogP contribution in [0.15, 0.2) is 83.8 Å². The van der Waals surface area contributed by atoms with Gasteiger partial charge in [0.15, 0.2) is 0 Å². The molecule has 2 aromatic heterocycles. The number of benzene rings is 2. The summed E-state index contributed by atoms with van der Waals surface area (Å²) in [6, 6.07) is 20.2. The molecule has 3 nitrogen and oxygen atoms in total. The monoisotopic (exact) mass is 384 g/mol. The number of pyridine rings is 1. The Morgan fingerprint density at radius 1 is 0.893 bits per heavy atom. The van der Waals surface area contributed by atoms with Gasteiger partial charge in [0.25, 0.3) is 5.91 Å². The normalized spacial score (nSPS) is 10.6. The van der Waals surface area contributed by atoms with E-state index < -0.39 is 0 Å². The van der Waals surface area contributed by atoms with Crippen molar-refractivity contribution in [1.29, 1.82) is 0 Å². The summed E-state index contributed by atoms with van der Waals surface area (Å²) in [4.78, 5) is 16.8. The minimum atomic E-state index is -0.0867. The fourth-order valence-corrected chi connectivity index (χ4v) is 3.68. The predicted molar refractivity (Wildman–Crippen MR) is 115 cm³/mol. The van der Waals surface area contributed by atoms with Crippen LogP contribution in [0.2, 0.25) is 0 Å². The summed E-state index contributed by atoms with van der Waals surface area (Å²) in [7, 11) is 0. The van der Waals surface area contributed by atoms with Gasteiger partial charge in [0.2, 0.25) is 0 Å². The summed E-state index contributed by atoms with van der Waals surface area (Å²) in [5.41, 5.74) is 7.33. The SMILES string of the molecule is Cc1ccc(-c2ccc(C(=O)NCc3cncc(-c4ccsc4)c3)cc2)cc1. The second kappa shape index (κ2) is 8.19. The maximum absolute atomic E-state index is 12.5. The lowest BCUT2D eigenvalue weighted by Crippen LogP contribution is -2.22. The van der Waals surface area contributed by atoms with Crippen molar-refractivity contribution < 1.29 is 4.79 Å². The number of rotatable bonds is 5. The Bertz CT molecular complexity index is 1070. The van der Waals surface area contributed by atoms with Gasteiger partial charge in [-0.1, -0.05) is 42.0 Å². The van der Waals surface area contributed by atoms with Crippen molar-refractivity contribution in [2.75, 3.05) is 0 Å². The Kier molecular flexibility index (Phi) is 5.31. The summed E-state index contributed by atoms with van der Waals surface area (Å²) >= 11 is 1.66. The summed E-state index contributed by atoms with van der Waals surface area (Å²) in [5, 5.41) is 7.12. The smallest absolute Gasteiger partial charge is 0.251 e. The molecular formula is C24H20N2OS. The van der Waals surface area contributed by atoms with E-state index in [0.717, 1.165) is 27.8 Å². The van der Waals surface area contributed by atoms with Crippen LogP contribution in [-0.2, 0) is 6.54 Å². The highest BCUT2D eigenvalue weighted by molar-refractivity contribution is 7.08.